The molecule has 0 N–H and O–H groups in total. The number of halogens is 3. The van der Waals surface area contributed by atoms with Crippen LogP contribution in [0.2, 0.25) is 0 Å². The summed E-state index contributed by atoms with van der Waals surface area (Å²) >= 11 is 0. The summed E-state index contributed by atoms with van der Waals surface area (Å²) in [5.41, 5.74) is 1.92. The predicted octanol–water partition coefficient (Wildman–Crippen LogP) is 5.88. The Labute approximate surface area is 179 Å². The number of fused-ring (bicyclic) bond motifs is 1. The topological polar surface area (TPSA) is 55.1 Å². The van der Waals surface area contributed by atoms with Crippen molar-refractivity contribution in [3.8, 4) is 11.6 Å². The number of para-hydroxylation sites is 1. The van der Waals surface area contributed by atoms with Crippen molar-refractivity contribution in [3.63, 3.8) is 0 Å². The molecule has 0 spiro atoms. The van der Waals surface area contributed by atoms with Gasteiger partial charge in [-0.2, -0.15) is 13.2 Å². The van der Waals surface area contributed by atoms with E-state index in [0.717, 1.165) is 38.2 Å². The van der Waals surface area contributed by atoms with Crippen molar-refractivity contribution in [2.45, 2.75) is 51.1 Å². The summed E-state index contributed by atoms with van der Waals surface area (Å²) in [5, 5.41) is 8.24. The largest absolute Gasteiger partial charge is 0.419 e. The molecule has 0 amide bonds. The Morgan fingerprint density at radius 2 is 1.90 bits per heavy atom. The van der Waals surface area contributed by atoms with E-state index in [9.17, 15) is 13.2 Å². The van der Waals surface area contributed by atoms with Crippen LogP contribution >= 0.6 is 0 Å². The fraction of sp³-hybridized carbons (Fsp3) is 0.435. The normalized spacial score (nSPS) is 16.4. The summed E-state index contributed by atoms with van der Waals surface area (Å²) in [7, 11) is 0. The number of unbranched alkanes of at least 4 members (excludes halogenated alkanes) is 3. The van der Waals surface area contributed by atoms with E-state index >= 15 is 0 Å². The lowest BCUT2D eigenvalue weighted by Crippen LogP contribution is -2.35. The fourth-order valence-corrected chi connectivity index (χ4v) is 3.98. The van der Waals surface area contributed by atoms with Crippen LogP contribution in [0.3, 0.4) is 0 Å². The highest BCUT2D eigenvalue weighted by Gasteiger charge is 2.32. The molecule has 3 aromatic rings. The highest BCUT2D eigenvalue weighted by Crippen LogP contribution is 2.35. The van der Waals surface area contributed by atoms with Gasteiger partial charge in [0.05, 0.1) is 11.5 Å². The van der Waals surface area contributed by atoms with Crippen molar-refractivity contribution >= 4 is 5.69 Å². The molecule has 0 fully saturated rings. The van der Waals surface area contributed by atoms with Gasteiger partial charge in [0.1, 0.15) is 5.69 Å². The minimum atomic E-state index is -4.43. The van der Waals surface area contributed by atoms with Gasteiger partial charge >= 0.3 is 6.18 Å². The first-order valence-electron chi connectivity index (χ1n) is 10.7. The van der Waals surface area contributed by atoms with Gasteiger partial charge in [-0.3, -0.25) is 4.98 Å². The maximum Gasteiger partial charge on any atom is 0.417 e. The van der Waals surface area contributed by atoms with Gasteiger partial charge in [-0.15, -0.1) is 10.2 Å². The first-order valence-corrected chi connectivity index (χ1v) is 10.7. The van der Waals surface area contributed by atoms with E-state index in [4.69, 9.17) is 4.42 Å². The molecule has 5 nitrogen and oxygen atoms in total. The van der Waals surface area contributed by atoms with Gasteiger partial charge in [0.15, 0.2) is 0 Å². The first kappa shape index (κ1) is 21.3. The van der Waals surface area contributed by atoms with Gasteiger partial charge in [-0.1, -0.05) is 44.4 Å². The smallest absolute Gasteiger partial charge is 0.417 e. The molecule has 1 aromatic carbocycles. The Bertz CT molecular complexity index is 1000. The van der Waals surface area contributed by atoms with Crippen LogP contribution in [0.1, 0.15) is 55.5 Å². The van der Waals surface area contributed by atoms with Crippen LogP contribution in [0, 0.1) is 0 Å². The zero-order valence-electron chi connectivity index (χ0n) is 17.4. The molecule has 0 radical (unpaired) electrons. The number of alkyl halides is 3. The molecule has 0 saturated carbocycles. The molecule has 1 aliphatic heterocycles. The number of benzene rings is 1. The summed E-state index contributed by atoms with van der Waals surface area (Å²) in [6.07, 6.45) is 1.89. The maximum atomic E-state index is 12.8. The molecule has 0 bridgehead atoms. The SMILES string of the molecule is CCCCCCN1CC(c2nnc(-c3ccc(C(F)(F)F)cn3)o2)Cc2ccccc21. The molecular weight excluding hydrogens is 405 g/mol. The molecule has 8 heteroatoms. The monoisotopic (exact) mass is 430 g/mol. The van der Waals surface area contributed by atoms with Crippen molar-refractivity contribution in [3.05, 3.63) is 59.6 Å². The second-order valence-electron chi connectivity index (χ2n) is 7.91. The number of anilines is 1. The number of rotatable bonds is 7. The average molecular weight is 430 g/mol. The Kier molecular flexibility index (Phi) is 6.25. The van der Waals surface area contributed by atoms with Gasteiger partial charge in [0.2, 0.25) is 5.89 Å². The van der Waals surface area contributed by atoms with Crippen molar-refractivity contribution in [2.24, 2.45) is 0 Å². The average Bonchev–Trinajstić information content (AvgIpc) is 3.26. The molecular formula is C23H25F3N4O. The third kappa shape index (κ3) is 4.89. The van der Waals surface area contributed by atoms with Crippen molar-refractivity contribution in [2.75, 3.05) is 18.0 Å². The standard InChI is InChI=1S/C23H25F3N4O/c1-2-3-4-7-12-30-15-17(13-16-8-5-6-9-20(16)30)21-28-29-22(31-21)19-11-10-18(14-27-19)23(24,25)26/h5-6,8-11,14,17H,2-4,7,12-13,15H2,1H3. The predicted molar refractivity (Wildman–Crippen MR) is 112 cm³/mol. The second-order valence-corrected chi connectivity index (χ2v) is 7.91. The van der Waals surface area contributed by atoms with Crippen LogP contribution in [0.5, 0.6) is 0 Å². The second kappa shape index (κ2) is 9.08. The van der Waals surface area contributed by atoms with Gasteiger partial charge in [-0.05, 0) is 36.6 Å². The van der Waals surface area contributed by atoms with E-state index < -0.39 is 11.7 Å². The zero-order chi connectivity index (χ0) is 21.8. The highest BCUT2D eigenvalue weighted by atomic mass is 19.4. The van der Waals surface area contributed by atoms with Crippen LogP contribution in [0.25, 0.3) is 11.6 Å². The lowest BCUT2D eigenvalue weighted by atomic mass is 9.92. The molecule has 0 saturated heterocycles. The summed E-state index contributed by atoms with van der Waals surface area (Å²) in [6.45, 7) is 3.94. The fourth-order valence-electron chi connectivity index (χ4n) is 3.98. The van der Waals surface area contributed by atoms with Crippen LogP contribution in [-0.2, 0) is 12.6 Å². The molecule has 31 heavy (non-hydrogen) atoms. The minimum absolute atomic E-state index is 0.0248. The van der Waals surface area contributed by atoms with Crippen LogP contribution in [0.15, 0.2) is 47.0 Å². The van der Waals surface area contributed by atoms with E-state index in [1.165, 1.54) is 36.6 Å². The number of nitrogens with zero attached hydrogens (tertiary/aromatic N) is 4. The van der Waals surface area contributed by atoms with Crippen LogP contribution in [-0.4, -0.2) is 28.3 Å². The maximum absolute atomic E-state index is 12.8. The van der Waals surface area contributed by atoms with Crippen LogP contribution < -0.4 is 4.90 Å². The third-order valence-electron chi connectivity index (χ3n) is 5.62. The Morgan fingerprint density at radius 1 is 1.06 bits per heavy atom. The quantitative estimate of drug-likeness (QED) is 0.438. The van der Waals surface area contributed by atoms with E-state index in [1.807, 2.05) is 6.07 Å². The number of hydrogen-bond donors (Lipinski definition) is 0. The Morgan fingerprint density at radius 3 is 2.65 bits per heavy atom. The zero-order valence-corrected chi connectivity index (χ0v) is 17.4. The lowest BCUT2D eigenvalue weighted by Gasteiger charge is -2.35. The van der Waals surface area contributed by atoms with E-state index in [-0.39, 0.29) is 17.5 Å². The van der Waals surface area contributed by atoms with E-state index in [1.54, 1.807) is 0 Å². The number of hydrogen-bond acceptors (Lipinski definition) is 5. The lowest BCUT2D eigenvalue weighted by molar-refractivity contribution is -0.137. The first-order chi connectivity index (χ1) is 15.0. The molecule has 2 aromatic heterocycles. The molecule has 3 heterocycles. The highest BCUT2D eigenvalue weighted by molar-refractivity contribution is 5.56. The molecule has 164 valence electrons. The van der Waals surface area contributed by atoms with Crippen molar-refractivity contribution in [1.29, 1.82) is 0 Å². The summed E-state index contributed by atoms with van der Waals surface area (Å²) < 4.78 is 44.1. The molecule has 0 aliphatic carbocycles. The van der Waals surface area contributed by atoms with E-state index in [0.29, 0.717) is 5.89 Å². The molecule has 1 atom stereocenters. The number of aromatic nitrogens is 3. The van der Waals surface area contributed by atoms with Crippen LogP contribution in [0.4, 0.5) is 18.9 Å². The van der Waals surface area contributed by atoms with Gasteiger partial charge in [-0.25, -0.2) is 0 Å². The summed E-state index contributed by atoms with van der Waals surface area (Å²) in [5.74, 6) is 0.651. The third-order valence-corrected chi connectivity index (χ3v) is 5.62. The van der Waals surface area contributed by atoms with Gasteiger partial charge in [0, 0.05) is 25.0 Å². The Hall–Kier alpha value is -2.90. The van der Waals surface area contributed by atoms with Gasteiger partial charge < -0.3 is 9.32 Å². The molecule has 4 rings (SSSR count). The Balaban J connectivity index is 1.51. The van der Waals surface area contributed by atoms with E-state index in [2.05, 4.69) is 45.2 Å². The summed E-state index contributed by atoms with van der Waals surface area (Å²) in [6, 6.07) is 10.6. The molecule has 1 aliphatic rings. The summed E-state index contributed by atoms with van der Waals surface area (Å²) in [4.78, 5) is 6.23. The van der Waals surface area contributed by atoms with Crippen molar-refractivity contribution in [1.82, 2.24) is 15.2 Å². The molecule has 1 unspecified atom stereocenters. The van der Waals surface area contributed by atoms with Crippen molar-refractivity contribution < 1.29 is 17.6 Å². The number of pyridine rings is 1. The minimum Gasteiger partial charge on any atom is -0.419 e. The van der Waals surface area contributed by atoms with Gasteiger partial charge in [0.25, 0.3) is 5.89 Å².